The first-order chi connectivity index (χ1) is 11.8. The molecule has 0 unspecified atom stereocenters. The maximum Gasteiger partial charge on any atom is 0.204 e. The standard InChI is InChI=1S/C17H17N5O2/c1-2-8-24-15-7-6-13(16(23)10-15)11-18-14-5-3-4-12(9-14)17-19-21-22-20-17/h3-7,9-11,23H,2,8H2,1H3,(H,19,20,21,22). The molecule has 0 bridgehead atoms. The highest BCUT2D eigenvalue weighted by Gasteiger charge is 2.04. The molecule has 0 radical (unpaired) electrons. The summed E-state index contributed by atoms with van der Waals surface area (Å²) in [6.45, 7) is 2.65. The van der Waals surface area contributed by atoms with Crippen LogP contribution >= 0.6 is 0 Å². The highest BCUT2D eigenvalue weighted by Crippen LogP contribution is 2.24. The number of nitrogens with zero attached hydrogens (tertiary/aromatic N) is 4. The molecule has 0 atom stereocenters. The van der Waals surface area contributed by atoms with Gasteiger partial charge in [-0.1, -0.05) is 19.1 Å². The van der Waals surface area contributed by atoms with Gasteiger partial charge in [0.05, 0.1) is 12.3 Å². The Bertz CT molecular complexity index is 831. The smallest absolute Gasteiger partial charge is 0.204 e. The van der Waals surface area contributed by atoms with Gasteiger partial charge in [0.15, 0.2) is 0 Å². The fourth-order valence-electron chi connectivity index (χ4n) is 2.10. The van der Waals surface area contributed by atoms with E-state index in [1.165, 1.54) is 0 Å². The monoisotopic (exact) mass is 323 g/mol. The number of hydrogen-bond donors (Lipinski definition) is 2. The van der Waals surface area contributed by atoms with Gasteiger partial charge >= 0.3 is 0 Å². The molecule has 0 saturated carbocycles. The third kappa shape index (κ3) is 3.75. The van der Waals surface area contributed by atoms with E-state index in [9.17, 15) is 5.11 Å². The summed E-state index contributed by atoms with van der Waals surface area (Å²) in [6, 6.07) is 12.6. The zero-order chi connectivity index (χ0) is 16.8. The Balaban J connectivity index is 1.77. The molecule has 0 aliphatic carbocycles. The van der Waals surface area contributed by atoms with Gasteiger partial charge < -0.3 is 9.84 Å². The lowest BCUT2D eigenvalue weighted by molar-refractivity contribution is 0.315. The van der Waals surface area contributed by atoms with Gasteiger partial charge in [0.2, 0.25) is 5.82 Å². The number of phenolic OH excluding ortho intramolecular Hbond substituents is 1. The van der Waals surface area contributed by atoms with Crippen LogP contribution in [0.5, 0.6) is 11.5 Å². The summed E-state index contributed by atoms with van der Waals surface area (Å²) >= 11 is 0. The number of aromatic nitrogens is 4. The summed E-state index contributed by atoms with van der Waals surface area (Å²) in [5, 5.41) is 23.9. The SMILES string of the molecule is CCCOc1ccc(C=Nc2cccc(-c3nn[nH]n3)c2)c(O)c1. The molecule has 3 aromatic rings. The van der Waals surface area contributed by atoms with Gasteiger partial charge in [0.25, 0.3) is 0 Å². The van der Waals surface area contributed by atoms with Gasteiger partial charge in [0.1, 0.15) is 11.5 Å². The van der Waals surface area contributed by atoms with E-state index in [1.807, 2.05) is 37.3 Å². The number of tetrazole rings is 1. The van der Waals surface area contributed by atoms with Crippen LogP contribution < -0.4 is 4.74 Å². The number of nitrogens with one attached hydrogen (secondary N) is 1. The van der Waals surface area contributed by atoms with Crippen molar-refractivity contribution in [3.63, 3.8) is 0 Å². The van der Waals surface area contributed by atoms with Crippen molar-refractivity contribution in [1.82, 2.24) is 20.6 Å². The number of rotatable bonds is 6. The molecule has 24 heavy (non-hydrogen) atoms. The van der Waals surface area contributed by atoms with Crippen molar-refractivity contribution in [2.75, 3.05) is 6.61 Å². The molecule has 1 aromatic heterocycles. The second-order valence-electron chi connectivity index (χ2n) is 5.11. The Hall–Kier alpha value is -3.22. The number of aromatic hydroxyl groups is 1. The van der Waals surface area contributed by atoms with Crippen LogP contribution in [0.2, 0.25) is 0 Å². The van der Waals surface area contributed by atoms with E-state index >= 15 is 0 Å². The Labute approximate surface area is 139 Å². The Morgan fingerprint density at radius 2 is 2.17 bits per heavy atom. The van der Waals surface area contributed by atoms with E-state index in [0.29, 0.717) is 23.7 Å². The van der Waals surface area contributed by atoms with Crippen molar-refractivity contribution in [3.8, 4) is 22.9 Å². The molecule has 0 fully saturated rings. The van der Waals surface area contributed by atoms with Crippen LogP contribution in [-0.2, 0) is 0 Å². The lowest BCUT2D eigenvalue weighted by Crippen LogP contribution is -1.95. The van der Waals surface area contributed by atoms with E-state index in [-0.39, 0.29) is 5.75 Å². The number of ether oxygens (including phenoxy) is 1. The minimum Gasteiger partial charge on any atom is -0.507 e. The first-order valence-corrected chi connectivity index (χ1v) is 7.60. The maximum absolute atomic E-state index is 10.1. The van der Waals surface area contributed by atoms with Crippen molar-refractivity contribution in [2.24, 2.45) is 4.99 Å². The predicted molar refractivity (Wildman–Crippen MR) is 90.8 cm³/mol. The summed E-state index contributed by atoms with van der Waals surface area (Å²) in [4.78, 5) is 4.39. The van der Waals surface area contributed by atoms with Crippen molar-refractivity contribution >= 4 is 11.9 Å². The number of aliphatic imine (C=N–C) groups is 1. The van der Waals surface area contributed by atoms with E-state index in [4.69, 9.17) is 4.74 Å². The summed E-state index contributed by atoms with van der Waals surface area (Å²) in [5.74, 6) is 1.28. The molecule has 7 nitrogen and oxygen atoms in total. The molecule has 0 saturated heterocycles. The average Bonchev–Trinajstić information content (AvgIpc) is 3.14. The normalized spacial score (nSPS) is 11.0. The van der Waals surface area contributed by atoms with Crippen molar-refractivity contribution in [2.45, 2.75) is 13.3 Å². The molecule has 2 aromatic carbocycles. The highest BCUT2D eigenvalue weighted by atomic mass is 16.5. The molecule has 0 aliphatic heterocycles. The number of phenols is 1. The Kier molecular flexibility index (Phi) is 4.81. The third-order valence-corrected chi connectivity index (χ3v) is 3.28. The topological polar surface area (TPSA) is 96.3 Å². The molecule has 2 N–H and O–H groups in total. The van der Waals surface area contributed by atoms with Gasteiger partial charge in [-0.15, -0.1) is 10.2 Å². The Morgan fingerprint density at radius 3 is 2.92 bits per heavy atom. The quantitative estimate of drug-likeness (QED) is 0.679. The number of benzene rings is 2. The second kappa shape index (κ2) is 7.36. The van der Waals surface area contributed by atoms with Crippen LogP contribution in [0.3, 0.4) is 0 Å². The summed E-state index contributed by atoms with van der Waals surface area (Å²) in [5.41, 5.74) is 2.15. The minimum absolute atomic E-state index is 0.127. The molecule has 7 heteroatoms. The first kappa shape index (κ1) is 15.7. The van der Waals surface area contributed by atoms with E-state index < -0.39 is 0 Å². The lowest BCUT2D eigenvalue weighted by Gasteiger charge is -2.06. The summed E-state index contributed by atoms with van der Waals surface area (Å²) < 4.78 is 5.48. The van der Waals surface area contributed by atoms with Crippen LogP contribution in [0.25, 0.3) is 11.4 Å². The van der Waals surface area contributed by atoms with Crippen LogP contribution in [-0.4, -0.2) is 38.6 Å². The molecular formula is C17H17N5O2. The van der Waals surface area contributed by atoms with E-state index in [2.05, 4.69) is 25.6 Å². The average molecular weight is 323 g/mol. The zero-order valence-electron chi connectivity index (χ0n) is 13.2. The predicted octanol–water partition coefficient (Wildman–Crippen LogP) is 3.11. The Morgan fingerprint density at radius 1 is 1.25 bits per heavy atom. The van der Waals surface area contributed by atoms with E-state index in [1.54, 1.807) is 18.3 Å². The fourth-order valence-corrected chi connectivity index (χ4v) is 2.10. The maximum atomic E-state index is 10.1. The minimum atomic E-state index is 0.127. The largest absolute Gasteiger partial charge is 0.507 e. The van der Waals surface area contributed by atoms with Crippen LogP contribution in [0, 0.1) is 0 Å². The van der Waals surface area contributed by atoms with Crippen LogP contribution in [0.15, 0.2) is 47.5 Å². The van der Waals surface area contributed by atoms with Gasteiger partial charge in [0, 0.05) is 23.4 Å². The van der Waals surface area contributed by atoms with Gasteiger partial charge in [-0.3, -0.25) is 4.99 Å². The molecule has 0 aliphatic rings. The molecule has 0 spiro atoms. The molecule has 1 heterocycles. The molecule has 3 rings (SSSR count). The van der Waals surface area contributed by atoms with Gasteiger partial charge in [-0.05, 0) is 35.9 Å². The third-order valence-electron chi connectivity index (χ3n) is 3.28. The van der Waals surface area contributed by atoms with E-state index in [0.717, 1.165) is 17.7 Å². The van der Waals surface area contributed by atoms with Gasteiger partial charge in [-0.2, -0.15) is 5.21 Å². The second-order valence-corrected chi connectivity index (χ2v) is 5.11. The van der Waals surface area contributed by atoms with Crippen molar-refractivity contribution < 1.29 is 9.84 Å². The molecular weight excluding hydrogens is 306 g/mol. The van der Waals surface area contributed by atoms with Crippen molar-refractivity contribution in [3.05, 3.63) is 48.0 Å². The fraction of sp³-hybridized carbons (Fsp3) is 0.176. The number of aromatic amines is 1. The number of H-pyrrole nitrogens is 1. The zero-order valence-corrected chi connectivity index (χ0v) is 13.2. The lowest BCUT2D eigenvalue weighted by atomic mass is 10.2. The van der Waals surface area contributed by atoms with Crippen LogP contribution in [0.4, 0.5) is 5.69 Å². The highest BCUT2D eigenvalue weighted by molar-refractivity contribution is 5.85. The summed E-state index contributed by atoms with van der Waals surface area (Å²) in [7, 11) is 0. The summed E-state index contributed by atoms with van der Waals surface area (Å²) in [6.07, 6.45) is 2.52. The molecule has 0 amide bonds. The van der Waals surface area contributed by atoms with Crippen molar-refractivity contribution in [1.29, 1.82) is 0 Å². The van der Waals surface area contributed by atoms with Crippen LogP contribution in [0.1, 0.15) is 18.9 Å². The molecule has 122 valence electrons. The van der Waals surface area contributed by atoms with Gasteiger partial charge in [-0.25, -0.2) is 0 Å². The first-order valence-electron chi connectivity index (χ1n) is 7.60. The number of hydrogen-bond acceptors (Lipinski definition) is 6.